The highest BCUT2D eigenvalue weighted by Gasteiger charge is 2.32. The molecule has 0 bridgehead atoms. The summed E-state index contributed by atoms with van der Waals surface area (Å²) >= 11 is 0. The second kappa shape index (κ2) is 5.67. The number of nitrogens with zero attached hydrogens (tertiary/aromatic N) is 2. The van der Waals surface area contributed by atoms with E-state index in [4.69, 9.17) is 10.8 Å². The number of aliphatic carboxylic acids is 1. The lowest BCUT2D eigenvalue weighted by atomic mass is 9.86. The molecule has 0 unspecified atom stereocenters. The van der Waals surface area contributed by atoms with Gasteiger partial charge in [0.25, 0.3) is 0 Å². The molecule has 0 saturated carbocycles. The van der Waals surface area contributed by atoms with Crippen molar-refractivity contribution in [2.75, 3.05) is 32.7 Å². The number of piperazine rings is 1. The Morgan fingerprint density at radius 1 is 1.22 bits per heavy atom. The SMILES string of the molecule is CC(C)(C)[C@H](N)C(=O)N1CCN(CC(=O)O)CC1. The lowest BCUT2D eigenvalue weighted by molar-refractivity contribution is -0.140. The molecule has 1 aliphatic heterocycles. The zero-order valence-electron chi connectivity index (χ0n) is 11.3. The van der Waals surface area contributed by atoms with Crippen LogP contribution in [0.15, 0.2) is 0 Å². The van der Waals surface area contributed by atoms with E-state index >= 15 is 0 Å². The Labute approximate surface area is 108 Å². The van der Waals surface area contributed by atoms with E-state index < -0.39 is 12.0 Å². The smallest absolute Gasteiger partial charge is 0.317 e. The molecule has 1 heterocycles. The summed E-state index contributed by atoms with van der Waals surface area (Å²) in [6.45, 7) is 8.14. The fourth-order valence-electron chi connectivity index (χ4n) is 1.88. The predicted molar refractivity (Wildman–Crippen MR) is 68.1 cm³/mol. The van der Waals surface area contributed by atoms with E-state index in [9.17, 15) is 9.59 Å². The third kappa shape index (κ3) is 3.96. The predicted octanol–water partition coefficient (Wildman–Crippen LogP) is -0.411. The fraction of sp³-hybridized carbons (Fsp3) is 0.833. The molecule has 1 rings (SSSR count). The molecule has 1 amide bonds. The van der Waals surface area contributed by atoms with Gasteiger partial charge in [0, 0.05) is 26.2 Å². The van der Waals surface area contributed by atoms with E-state index in [0.717, 1.165) is 0 Å². The van der Waals surface area contributed by atoms with Crippen molar-refractivity contribution in [2.24, 2.45) is 11.1 Å². The van der Waals surface area contributed by atoms with Crippen LogP contribution in [0.4, 0.5) is 0 Å². The number of carboxylic acid groups (broad SMARTS) is 1. The van der Waals surface area contributed by atoms with Gasteiger partial charge in [-0.25, -0.2) is 0 Å². The summed E-state index contributed by atoms with van der Waals surface area (Å²) in [6.07, 6.45) is 0. The Balaban J connectivity index is 2.48. The van der Waals surface area contributed by atoms with Crippen molar-refractivity contribution in [1.82, 2.24) is 9.80 Å². The summed E-state index contributed by atoms with van der Waals surface area (Å²) in [7, 11) is 0. The zero-order chi connectivity index (χ0) is 13.9. The van der Waals surface area contributed by atoms with Crippen LogP contribution in [0, 0.1) is 5.41 Å². The largest absolute Gasteiger partial charge is 0.480 e. The van der Waals surface area contributed by atoms with E-state index in [-0.39, 0.29) is 17.9 Å². The zero-order valence-corrected chi connectivity index (χ0v) is 11.3. The van der Waals surface area contributed by atoms with Gasteiger partial charge >= 0.3 is 5.97 Å². The van der Waals surface area contributed by atoms with Gasteiger partial charge in [-0.05, 0) is 5.41 Å². The number of hydrogen-bond donors (Lipinski definition) is 2. The van der Waals surface area contributed by atoms with Gasteiger partial charge in [-0.1, -0.05) is 20.8 Å². The van der Waals surface area contributed by atoms with Gasteiger partial charge in [0.1, 0.15) is 0 Å². The minimum atomic E-state index is -0.832. The number of rotatable bonds is 3. The van der Waals surface area contributed by atoms with E-state index in [1.165, 1.54) is 0 Å². The summed E-state index contributed by atoms with van der Waals surface area (Å²) in [5.74, 6) is -0.876. The highest BCUT2D eigenvalue weighted by molar-refractivity contribution is 5.82. The number of carbonyl (C=O) groups excluding carboxylic acids is 1. The molecular formula is C12H23N3O3. The van der Waals surface area contributed by atoms with E-state index in [1.807, 2.05) is 25.7 Å². The summed E-state index contributed by atoms with van der Waals surface area (Å²) in [5.41, 5.74) is 5.69. The van der Waals surface area contributed by atoms with Crippen molar-refractivity contribution >= 4 is 11.9 Å². The third-order valence-electron chi connectivity index (χ3n) is 3.24. The Kier molecular flexibility index (Phi) is 4.70. The Hall–Kier alpha value is -1.14. The second-order valence-corrected chi connectivity index (χ2v) is 5.84. The first kappa shape index (κ1) is 14.9. The molecule has 6 heteroatoms. The van der Waals surface area contributed by atoms with Crippen molar-refractivity contribution < 1.29 is 14.7 Å². The lowest BCUT2D eigenvalue weighted by Gasteiger charge is -2.37. The van der Waals surface area contributed by atoms with Gasteiger partial charge in [0.2, 0.25) is 5.91 Å². The second-order valence-electron chi connectivity index (χ2n) is 5.84. The molecule has 1 aliphatic rings. The number of carboxylic acids is 1. The van der Waals surface area contributed by atoms with Crippen molar-refractivity contribution in [3.05, 3.63) is 0 Å². The van der Waals surface area contributed by atoms with Crippen LogP contribution in [0.3, 0.4) is 0 Å². The molecular weight excluding hydrogens is 234 g/mol. The van der Waals surface area contributed by atoms with Crippen LogP contribution >= 0.6 is 0 Å². The van der Waals surface area contributed by atoms with Crippen molar-refractivity contribution in [2.45, 2.75) is 26.8 Å². The Morgan fingerprint density at radius 3 is 2.11 bits per heavy atom. The topological polar surface area (TPSA) is 86.9 Å². The van der Waals surface area contributed by atoms with Crippen molar-refractivity contribution in [3.63, 3.8) is 0 Å². The Bertz CT molecular complexity index is 317. The molecule has 18 heavy (non-hydrogen) atoms. The first-order valence-corrected chi connectivity index (χ1v) is 6.20. The van der Waals surface area contributed by atoms with Crippen molar-refractivity contribution in [1.29, 1.82) is 0 Å². The van der Waals surface area contributed by atoms with Crippen molar-refractivity contribution in [3.8, 4) is 0 Å². The summed E-state index contributed by atoms with van der Waals surface area (Å²) in [4.78, 5) is 26.3. The molecule has 0 radical (unpaired) electrons. The van der Waals surface area contributed by atoms with E-state index in [1.54, 1.807) is 4.90 Å². The van der Waals surface area contributed by atoms with Gasteiger partial charge in [-0.3, -0.25) is 14.5 Å². The maximum absolute atomic E-state index is 12.1. The maximum Gasteiger partial charge on any atom is 0.317 e. The average Bonchev–Trinajstić information content (AvgIpc) is 2.26. The van der Waals surface area contributed by atoms with Crippen LogP contribution in [0.25, 0.3) is 0 Å². The minimum absolute atomic E-state index is 0.0351. The standard InChI is InChI=1S/C12H23N3O3/c1-12(2,3)10(13)11(18)15-6-4-14(5-7-15)8-9(16)17/h10H,4-8,13H2,1-3H3,(H,16,17)/t10-/m1/s1. The molecule has 0 aliphatic carbocycles. The minimum Gasteiger partial charge on any atom is -0.480 e. The number of carbonyl (C=O) groups is 2. The quantitative estimate of drug-likeness (QED) is 0.717. The summed E-state index contributed by atoms with van der Waals surface area (Å²) in [5, 5.41) is 8.69. The van der Waals surface area contributed by atoms with Gasteiger partial charge < -0.3 is 15.7 Å². The first-order valence-electron chi connectivity index (χ1n) is 6.20. The normalized spacial score (nSPS) is 19.7. The van der Waals surface area contributed by atoms with Gasteiger partial charge in [-0.2, -0.15) is 0 Å². The summed E-state index contributed by atoms with van der Waals surface area (Å²) < 4.78 is 0. The number of hydrogen-bond acceptors (Lipinski definition) is 4. The molecule has 0 aromatic rings. The molecule has 6 nitrogen and oxygen atoms in total. The highest BCUT2D eigenvalue weighted by atomic mass is 16.4. The fourth-order valence-corrected chi connectivity index (χ4v) is 1.88. The molecule has 0 aromatic heterocycles. The molecule has 0 aromatic carbocycles. The van der Waals surface area contributed by atoms with Crippen LogP contribution in [0.5, 0.6) is 0 Å². The van der Waals surface area contributed by atoms with Crippen LogP contribution in [0.1, 0.15) is 20.8 Å². The molecule has 1 saturated heterocycles. The monoisotopic (exact) mass is 257 g/mol. The number of amides is 1. The average molecular weight is 257 g/mol. The molecule has 104 valence electrons. The van der Waals surface area contributed by atoms with E-state index in [0.29, 0.717) is 26.2 Å². The summed E-state index contributed by atoms with van der Waals surface area (Å²) in [6, 6.07) is -0.511. The maximum atomic E-state index is 12.1. The third-order valence-corrected chi connectivity index (χ3v) is 3.24. The van der Waals surface area contributed by atoms with Gasteiger partial charge in [0.05, 0.1) is 12.6 Å². The highest BCUT2D eigenvalue weighted by Crippen LogP contribution is 2.19. The van der Waals surface area contributed by atoms with Crippen LogP contribution in [0.2, 0.25) is 0 Å². The van der Waals surface area contributed by atoms with Crippen LogP contribution in [-0.4, -0.2) is 65.5 Å². The molecule has 1 atom stereocenters. The number of nitrogens with two attached hydrogens (primary N) is 1. The first-order chi connectivity index (χ1) is 8.21. The Morgan fingerprint density at radius 2 is 1.72 bits per heavy atom. The lowest BCUT2D eigenvalue weighted by Crippen LogP contribution is -2.56. The van der Waals surface area contributed by atoms with Crippen LogP contribution in [-0.2, 0) is 9.59 Å². The molecule has 3 N–H and O–H groups in total. The molecule has 0 spiro atoms. The van der Waals surface area contributed by atoms with E-state index in [2.05, 4.69) is 0 Å². The van der Waals surface area contributed by atoms with Gasteiger partial charge in [0.15, 0.2) is 0 Å². The molecule has 1 fully saturated rings. The van der Waals surface area contributed by atoms with Crippen LogP contribution < -0.4 is 5.73 Å². The van der Waals surface area contributed by atoms with Gasteiger partial charge in [-0.15, -0.1) is 0 Å².